The number of aryl methyl sites for hydroxylation is 1. The standard InChI is InChI=1S/C22H20F3N5O3/c1-29-10-15(8-27-29)13-4-5-17-16(9-28-30(17)11-13)14-6-18(32-2)20(19(7-14)33-3)21(31)26-12-22(23,24)25/h4-11H,12H2,1-3H3,(H,26,31). The summed E-state index contributed by atoms with van der Waals surface area (Å²) < 4.78 is 51.7. The van der Waals surface area contributed by atoms with Crippen LogP contribution in [0.5, 0.6) is 11.5 Å². The number of pyridine rings is 1. The Morgan fingerprint density at radius 1 is 1.00 bits per heavy atom. The van der Waals surface area contributed by atoms with Crippen LogP contribution in [0.3, 0.4) is 0 Å². The zero-order valence-electron chi connectivity index (χ0n) is 18.0. The molecule has 0 spiro atoms. The molecule has 1 amide bonds. The fourth-order valence-corrected chi connectivity index (χ4v) is 3.51. The predicted molar refractivity (Wildman–Crippen MR) is 114 cm³/mol. The summed E-state index contributed by atoms with van der Waals surface area (Å²) in [5.41, 5.74) is 3.88. The largest absolute Gasteiger partial charge is 0.496 e. The number of halogens is 3. The molecule has 0 atom stereocenters. The van der Waals surface area contributed by atoms with E-state index in [1.54, 1.807) is 33.7 Å². The average molecular weight is 459 g/mol. The third kappa shape index (κ3) is 4.47. The second kappa shape index (κ2) is 8.49. The Kier molecular flexibility index (Phi) is 5.71. The minimum atomic E-state index is -4.54. The molecule has 0 aliphatic heterocycles. The van der Waals surface area contributed by atoms with Gasteiger partial charge in [0, 0.05) is 36.1 Å². The first-order valence-electron chi connectivity index (χ1n) is 9.78. The molecule has 3 aromatic heterocycles. The molecule has 172 valence electrons. The van der Waals surface area contributed by atoms with Gasteiger partial charge in [-0.2, -0.15) is 23.4 Å². The van der Waals surface area contributed by atoms with Crippen LogP contribution in [0.15, 0.2) is 49.1 Å². The van der Waals surface area contributed by atoms with Gasteiger partial charge in [-0.25, -0.2) is 4.52 Å². The Balaban J connectivity index is 1.74. The van der Waals surface area contributed by atoms with Crippen molar-refractivity contribution in [2.45, 2.75) is 6.18 Å². The lowest BCUT2D eigenvalue weighted by Gasteiger charge is -2.16. The number of carbonyl (C=O) groups is 1. The molecule has 8 nitrogen and oxygen atoms in total. The van der Waals surface area contributed by atoms with Gasteiger partial charge in [-0.3, -0.25) is 9.48 Å². The summed E-state index contributed by atoms with van der Waals surface area (Å²) in [6.45, 7) is -1.47. The second-order valence-electron chi connectivity index (χ2n) is 7.26. The van der Waals surface area contributed by atoms with E-state index in [0.717, 1.165) is 22.2 Å². The number of nitrogens with zero attached hydrogens (tertiary/aromatic N) is 4. The first-order chi connectivity index (χ1) is 15.7. The minimum Gasteiger partial charge on any atom is -0.496 e. The topological polar surface area (TPSA) is 82.7 Å². The zero-order chi connectivity index (χ0) is 23.8. The van der Waals surface area contributed by atoms with E-state index in [9.17, 15) is 18.0 Å². The van der Waals surface area contributed by atoms with E-state index in [0.29, 0.717) is 5.56 Å². The van der Waals surface area contributed by atoms with Crippen molar-refractivity contribution in [3.8, 4) is 33.8 Å². The molecule has 0 aliphatic rings. The van der Waals surface area contributed by atoms with Crippen LogP contribution in [0.2, 0.25) is 0 Å². The van der Waals surface area contributed by atoms with Gasteiger partial charge in [0.1, 0.15) is 23.6 Å². The molecule has 0 fully saturated rings. The number of fused-ring (bicyclic) bond motifs is 1. The van der Waals surface area contributed by atoms with Crippen molar-refractivity contribution < 1.29 is 27.4 Å². The lowest BCUT2D eigenvalue weighted by molar-refractivity contribution is -0.123. The number of alkyl halides is 3. The highest BCUT2D eigenvalue weighted by molar-refractivity contribution is 6.01. The van der Waals surface area contributed by atoms with Gasteiger partial charge in [0.2, 0.25) is 0 Å². The maximum Gasteiger partial charge on any atom is 0.405 e. The van der Waals surface area contributed by atoms with Crippen LogP contribution in [-0.4, -0.2) is 52.2 Å². The monoisotopic (exact) mass is 459 g/mol. The zero-order valence-corrected chi connectivity index (χ0v) is 18.0. The normalized spacial score (nSPS) is 11.6. The number of benzene rings is 1. The van der Waals surface area contributed by atoms with Crippen molar-refractivity contribution in [1.82, 2.24) is 24.7 Å². The molecule has 0 saturated heterocycles. The lowest BCUT2D eigenvalue weighted by atomic mass is 10.0. The van der Waals surface area contributed by atoms with Crippen molar-refractivity contribution in [2.24, 2.45) is 7.05 Å². The molecule has 0 saturated carbocycles. The fraction of sp³-hybridized carbons (Fsp3) is 0.227. The van der Waals surface area contributed by atoms with Crippen molar-refractivity contribution in [3.63, 3.8) is 0 Å². The van der Waals surface area contributed by atoms with Crippen LogP contribution in [0, 0.1) is 0 Å². The van der Waals surface area contributed by atoms with Crippen LogP contribution >= 0.6 is 0 Å². The van der Waals surface area contributed by atoms with Gasteiger partial charge in [-0.1, -0.05) is 6.07 Å². The fourth-order valence-electron chi connectivity index (χ4n) is 3.51. The van der Waals surface area contributed by atoms with Gasteiger partial charge in [0.25, 0.3) is 5.91 Å². The smallest absolute Gasteiger partial charge is 0.405 e. The lowest BCUT2D eigenvalue weighted by Crippen LogP contribution is -2.34. The number of aromatic nitrogens is 4. The minimum absolute atomic E-state index is 0.0790. The van der Waals surface area contributed by atoms with E-state index in [2.05, 4.69) is 10.2 Å². The third-order valence-electron chi connectivity index (χ3n) is 5.05. The summed E-state index contributed by atoms with van der Waals surface area (Å²) in [6, 6.07) is 6.96. The van der Waals surface area contributed by atoms with Crippen LogP contribution < -0.4 is 14.8 Å². The highest BCUT2D eigenvalue weighted by Gasteiger charge is 2.30. The first-order valence-corrected chi connectivity index (χ1v) is 9.78. The summed E-state index contributed by atoms with van der Waals surface area (Å²) in [5.74, 6) is -0.792. The molecule has 0 bridgehead atoms. The Morgan fingerprint density at radius 2 is 1.70 bits per heavy atom. The molecule has 1 N–H and O–H groups in total. The third-order valence-corrected chi connectivity index (χ3v) is 5.05. The molecule has 0 aliphatic carbocycles. The molecule has 1 aromatic carbocycles. The van der Waals surface area contributed by atoms with Gasteiger partial charge in [0.05, 0.1) is 32.1 Å². The summed E-state index contributed by atoms with van der Waals surface area (Å²) >= 11 is 0. The Bertz CT molecular complexity index is 1300. The van der Waals surface area contributed by atoms with Gasteiger partial charge in [0.15, 0.2) is 0 Å². The van der Waals surface area contributed by atoms with Gasteiger partial charge in [-0.15, -0.1) is 0 Å². The number of methoxy groups -OCH3 is 2. The van der Waals surface area contributed by atoms with Crippen LogP contribution in [-0.2, 0) is 7.05 Å². The van der Waals surface area contributed by atoms with E-state index < -0.39 is 18.6 Å². The molecule has 33 heavy (non-hydrogen) atoms. The Hall–Kier alpha value is -4.02. The molecule has 4 aromatic rings. The van der Waals surface area contributed by atoms with Crippen LogP contribution in [0.1, 0.15) is 10.4 Å². The Labute approximate surface area is 186 Å². The second-order valence-corrected chi connectivity index (χ2v) is 7.26. The number of ether oxygens (including phenoxy) is 2. The SMILES string of the molecule is COc1cc(-c2cnn3cc(-c4cnn(C)c4)ccc23)cc(OC)c1C(=O)NCC(F)(F)F. The highest BCUT2D eigenvalue weighted by atomic mass is 19.4. The predicted octanol–water partition coefficient (Wildman–Crippen LogP) is 3.71. The number of rotatable bonds is 6. The molecule has 4 rings (SSSR count). The summed E-state index contributed by atoms with van der Waals surface area (Å²) in [6.07, 6.45) is 2.62. The maximum atomic E-state index is 12.5. The number of amides is 1. The van der Waals surface area contributed by atoms with Gasteiger partial charge < -0.3 is 14.8 Å². The quantitative estimate of drug-likeness (QED) is 0.475. The molecular weight excluding hydrogens is 439 g/mol. The maximum absolute atomic E-state index is 12.5. The van der Waals surface area contributed by atoms with E-state index in [1.165, 1.54) is 14.2 Å². The number of nitrogens with one attached hydrogen (secondary N) is 1. The number of hydrogen-bond donors (Lipinski definition) is 1. The van der Waals surface area contributed by atoms with Crippen molar-refractivity contribution in [2.75, 3.05) is 20.8 Å². The van der Waals surface area contributed by atoms with Crippen LogP contribution in [0.25, 0.3) is 27.8 Å². The van der Waals surface area contributed by atoms with Gasteiger partial charge in [-0.05, 0) is 23.8 Å². The molecule has 0 radical (unpaired) electrons. The van der Waals surface area contributed by atoms with E-state index >= 15 is 0 Å². The Morgan fingerprint density at radius 3 is 2.27 bits per heavy atom. The molecule has 0 unspecified atom stereocenters. The van der Waals surface area contributed by atoms with Crippen molar-refractivity contribution in [1.29, 1.82) is 0 Å². The van der Waals surface area contributed by atoms with E-state index in [1.807, 2.05) is 36.9 Å². The number of carbonyl (C=O) groups excluding carboxylic acids is 1. The molecule has 3 heterocycles. The molecular formula is C22H20F3N5O3. The summed E-state index contributed by atoms with van der Waals surface area (Å²) in [7, 11) is 4.49. The highest BCUT2D eigenvalue weighted by Crippen LogP contribution is 2.37. The first kappa shape index (κ1) is 22.2. The summed E-state index contributed by atoms with van der Waals surface area (Å²) in [5, 5.41) is 10.4. The van der Waals surface area contributed by atoms with Crippen molar-refractivity contribution >= 4 is 11.4 Å². The van der Waals surface area contributed by atoms with Crippen LogP contribution in [0.4, 0.5) is 13.2 Å². The van der Waals surface area contributed by atoms with E-state index in [-0.39, 0.29) is 17.1 Å². The average Bonchev–Trinajstić information content (AvgIpc) is 3.41. The molecule has 11 heteroatoms. The van der Waals surface area contributed by atoms with Gasteiger partial charge >= 0.3 is 6.18 Å². The van der Waals surface area contributed by atoms with E-state index in [4.69, 9.17) is 9.47 Å². The number of hydrogen-bond acceptors (Lipinski definition) is 5. The van der Waals surface area contributed by atoms with Crippen molar-refractivity contribution in [3.05, 3.63) is 54.6 Å². The summed E-state index contributed by atoms with van der Waals surface area (Å²) in [4.78, 5) is 12.4.